The monoisotopic (exact) mass is 239 g/mol. The second kappa shape index (κ2) is 5.36. The maximum atomic E-state index is 12.0. The average molecular weight is 239 g/mol. The van der Waals surface area contributed by atoms with Crippen molar-refractivity contribution < 1.29 is 4.79 Å². The van der Waals surface area contributed by atoms with Gasteiger partial charge in [0.25, 0.3) is 0 Å². The Morgan fingerprint density at radius 2 is 1.82 bits per heavy atom. The summed E-state index contributed by atoms with van der Waals surface area (Å²) in [6.07, 6.45) is 6.73. The van der Waals surface area contributed by atoms with Crippen molar-refractivity contribution in [2.75, 3.05) is 7.05 Å². The number of amides is 1. The fourth-order valence-corrected chi connectivity index (χ4v) is 2.56. The molecule has 17 heavy (non-hydrogen) atoms. The van der Waals surface area contributed by atoms with Gasteiger partial charge in [-0.3, -0.25) is 9.69 Å². The number of nitrogens with two attached hydrogens (primary N) is 1. The first-order chi connectivity index (χ1) is 8.08. The van der Waals surface area contributed by atoms with Crippen LogP contribution in [0.1, 0.15) is 45.4 Å². The molecule has 2 saturated carbocycles. The lowest BCUT2D eigenvalue weighted by Crippen LogP contribution is -2.49. The van der Waals surface area contributed by atoms with Crippen LogP contribution in [0, 0.1) is 0 Å². The van der Waals surface area contributed by atoms with Gasteiger partial charge in [-0.2, -0.15) is 0 Å². The van der Waals surface area contributed by atoms with Crippen molar-refractivity contribution in [2.24, 2.45) is 5.73 Å². The van der Waals surface area contributed by atoms with Gasteiger partial charge in [-0.05, 0) is 52.5 Å². The van der Waals surface area contributed by atoms with Gasteiger partial charge in [0.05, 0.1) is 6.04 Å². The number of hydrogen-bond acceptors (Lipinski definition) is 3. The van der Waals surface area contributed by atoms with Crippen molar-refractivity contribution >= 4 is 5.91 Å². The first-order valence-corrected chi connectivity index (χ1v) is 6.86. The SMILES string of the molecule is CC(C(=O)NC1CC1)N(C)C1CCC(N)CC1. The van der Waals surface area contributed by atoms with Gasteiger partial charge in [0.2, 0.25) is 5.91 Å². The van der Waals surface area contributed by atoms with Crippen LogP contribution in [0.15, 0.2) is 0 Å². The number of nitrogens with zero attached hydrogens (tertiary/aromatic N) is 1. The van der Waals surface area contributed by atoms with E-state index in [4.69, 9.17) is 5.73 Å². The predicted octanol–water partition coefficient (Wildman–Crippen LogP) is 0.855. The Morgan fingerprint density at radius 3 is 2.35 bits per heavy atom. The maximum Gasteiger partial charge on any atom is 0.237 e. The van der Waals surface area contributed by atoms with Crippen molar-refractivity contribution in [1.82, 2.24) is 10.2 Å². The quantitative estimate of drug-likeness (QED) is 0.765. The molecule has 1 unspecified atom stereocenters. The molecule has 0 aromatic rings. The molecule has 2 aliphatic carbocycles. The standard InChI is InChI=1S/C13H25N3O/c1-9(13(17)15-11-5-6-11)16(2)12-7-3-10(14)4-8-12/h9-12H,3-8,14H2,1-2H3,(H,15,17). The Labute approximate surface area is 104 Å². The van der Waals surface area contributed by atoms with E-state index in [1.807, 2.05) is 6.92 Å². The summed E-state index contributed by atoms with van der Waals surface area (Å²) in [6.45, 7) is 2.01. The Balaban J connectivity index is 1.80. The smallest absolute Gasteiger partial charge is 0.237 e. The van der Waals surface area contributed by atoms with Crippen LogP contribution in [0.3, 0.4) is 0 Å². The summed E-state index contributed by atoms with van der Waals surface area (Å²) in [5, 5.41) is 3.08. The van der Waals surface area contributed by atoms with Crippen molar-refractivity contribution in [2.45, 2.75) is 69.6 Å². The fourth-order valence-electron chi connectivity index (χ4n) is 2.56. The van der Waals surface area contributed by atoms with Gasteiger partial charge in [-0.25, -0.2) is 0 Å². The fraction of sp³-hybridized carbons (Fsp3) is 0.923. The lowest BCUT2D eigenvalue weighted by Gasteiger charge is -2.36. The highest BCUT2D eigenvalue weighted by Crippen LogP contribution is 2.23. The molecule has 1 atom stereocenters. The highest BCUT2D eigenvalue weighted by atomic mass is 16.2. The van der Waals surface area contributed by atoms with E-state index in [9.17, 15) is 4.79 Å². The van der Waals surface area contributed by atoms with Gasteiger partial charge in [-0.15, -0.1) is 0 Å². The highest BCUT2D eigenvalue weighted by Gasteiger charge is 2.30. The van der Waals surface area contributed by atoms with Crippen LogP contribution < -0.4 is 11.1 Å². The van der Waals surface area contributed by atoms with Crippen LogP contribution in [0.25, 0.3) is 0 Å². The van der Waals surface area contributed by atoms with Crippen molar-refractivity contribution in [1.29, 1.82) is 0 Å². The zero-order valence-corrected chi connectivity index (χ0v) is 11.0. The Morgan fingerprint density at radius 1 is 1.24 bits per heavy atom. The molecule has 0 spiro atoms. The number of likely N-dealkylation sites (N-methyl/N-ethyl adjacent to an activating group) is 1. The molecular formula is C13H25N3O. The molecule has 3 N–H and O–H groups in total. The number of nitrogens with one attached hydrogen (secondary N) is 1. The minimum Gasteiger partial charge on any atom is -0.352 e. The van der Waals surface area contributed by atoms with E-state index in [-0.39, 0.29) is 11.9 Å². The van der Waals surface area contributed by atoms with E-state index >= 15 is 0 Å². The molecule has 0 aromatic heterocycles. The molecule has 0 saturated heterocycles. The molecule has 2 fully saturated rings. The van der Waals surface area contributed by atoms with E-state index in [0.29, 0.717) is 18.1 Å². The van der Waals surface area contributed by atoms with Crippen LogP contribution in [0.2, 0.25) is 0 Å². The molecule has 0 aromatic carbocycles. The van der Waals surface area contributed by atoms with Crippen molar-refractivity contribution in [3.05, 3.63) is 0 Å². The Hall–Kier alpha value is -0.610. The van der Waals surface area contributed by atoms with Crippen LogP contribution in [-0.2, 0) is 4.79 Å². The van der Waals surface area contributed by atoms with Crippen molar-refractivity contribution in [3.63, 3.8) is 0 Å². The number of rotatable bonds is 4. The van der Waals surface area contributed by atoms with Gasteiger partial charge in [-0.1, -0.05) is 0 Å². The molecule has 4 heteroatoms. The summed E-state index contributed by atoms with van der Waals surface area (Å²) < 4.78 is 0. The molecule has 1 amide bonds. The largest absolute Gasteiger partial charge is 0.352 e. The third kappa shape index (κ3) is 3.42. The molecule has 4 nitrogen and oxygen atoms in total. The molecule has 0 heterocycles. The highest BCUT2D eigenvalue weighted by molar-refractivity contribution is 5.81. The van der Waals surface area contributed by atoms with Gasteiger partial charge in [0.15, 0.2) is 0 Å². The number of hydrogen-bond donors (Lipinski definition) is 2. The van der Waals surface area contributed by atoms with E-state index in [0.717, 1.165) is 38.5 Å². The van der Waals surface area contributed by atoms with Crippen molar-refractivity contribution in [3.8, 4) is 0 Å². The minimum atomic E-state index is -0.0186. The molecule has 2 aliphatic rings. The van der Waals surface area contributed by atoms with Gasteiger partial charge in [0, 0.05) is 18.1 Å². The zero-order valence-electron chi connectivity index (χ0n) is 11.0. The normalized spacial score (nSPS) is 31.3. The molecule has 2 rings (SSSR count). The molecule has 98 valence electrons. The second-order valence-corrected chi connectivity index (χ2v) is 5.69. The van der Waals surface area contributed by atoms with E-state index < -0.39 is 0 Å². The van der Waals surface area contributed by atoms with Crippen LogP contribution in [0.4, 0.5) is 0 Å². The minimum absolute atomic E-state index is 0.0186. The van der Waals surface area contributed by atoms with E-state index in [2.05, 4.69) is 17.3 Å². The Kier molecular flexibility index (Phi) is 4.05. The lowest BCUT2D eigenvalue weighted by molar-refractivity contribution is -0.126. The third-order valence-corrected chi connectivity index (χ3v) is 4.23. The molecule has 0 radical (unpaired) electrons. The average Bonchev–Trinajstić information content (AvgIpc) is 3.12. The maximum absolute atomic E-state index is 12.0. The number of carbonyl (C=O) groups excluding carboxylic acids is 1. The summed E-state index contributed by atoms with van der Waals surface area (Å²) in [5.41, 5.74) is 5.91. The van der Waals surface area contributed by atoms with E-state index in [1.165, 1.54) is 0 Å². The first-order valence-electron chi connectivity index (χ1n) is 6.86. The summed E-state index contributed by atoms with van der Waals surface area (Å²) in [5.74, 6) is 0.185. The summed E-state index contributed by atoms with van der Waals surface area (Å²) in [4.78, 5) is 14.2. The van der Waals surface area contributed by atoms with Gasteiger partial charge < -0.3 is 11.1 Å². The topological polar surface area (TPSA) is 58.4 Å². The second-order valence-electron chi connectivity index (χ2n) is 5.69. The molecule has 0 bridgehead atoms. The molecule has 0 aliphatic heterocycles. The zero-order chi connectivity index (χ0) is 12.4. The predicted molar refractivity (Wildman–Crippen MR) is 68.6 cm³/mol. The van der Waals surface area contributed by atoms with Gasteiger partial charge >= 0.3 is 0 Å². The van der Waals surface area contributed by atoms with Crippen LogP contribution >= 0.6 is 0 Å². The molecular weight excluding hydrogens is 214 g/mol. The summed E-state index contributed by atoms with van der Waals surface area (Å²) in [7, 11) is 2.07. The van der Waals surface area contributed by atoms with Crippen LogP contribution in [0.5, 0.6) is 0 Å². The Bertz CT molecular complexity index is 270. The summed E-state index contributed by atoms with van der Waals surface area (Å²) in [6, 6.07) is 1.33. The van der Waals surface area contributed by atoms with Crippen LogP contribution in [-0.4, -0.2) is 42.0 Å². The third-order valence-electron chi connectivity index (χ3n) is 4.23. The number of carbonyl (C=O) groups is 1. The van der Waals surface area contributed by atoms with Gasteiger partial charge in [0.1, 0.15) is 0 Å². The summed E-state index contributed by atoms with van der Waals surface area (Å²) >= 11 is 0. The van der Waals surface area contributed by atoms with E-state index in [1.54, 1.807) is 0 Å². The first kappa shape index (κ1) is 12.8. The lowest BCUT2D eigenvalue weighted by atomic mass is 9.90.